The zero-order chi connectivity index (χ0) is 13.1. The highest BCUT2D eigenvalue weighted by Crippen LogP contribution is 2.27. The summed E-state index contributed by atoms with van der Waals surface area (Å²) >= 11 is 1.72. The van der Waals surface area contributed by atoms with Crippen LogP contribution >= 0.6 is 11.3 Å². The number of benzene rings is 1. The van der Waals surface area contributed by atoms with Crippen molar-refractivity contribution in [2.75, 3.05) is 0 Å². The van der Waals surface area contributed by atoms with Crippen molar-refractivity contribution in [2.24, 2.45) is 5.73 Å². The lowest BCUT2D eigenvalue weighted by Crippen LogP contribution is -2.32. The van der Waals surface area contributed by atoms with Crippen LogP contribution in [0.15, 0.2) is 35.7 Å². The lowest BCUT2D eigenvalue weighted by Gasteiger charge is -2.07. The van der Waals surface area contributed by atoms with E-state index in [4.69, 9.17) is 10.8 Å². The van der Waals surface area contributed by atoms with Crippen LogP contribution in [0.2, 0.25) is 0 Å². The van der Waals surface area contributed by atoms with Crippen molar-refractivity contribution in [3.05, 3.63) is 46.2 Å². The van der Waals surface area contributed by atoms with Gasteiger partial charge in [-0.25, -0.2) is 0 Å². The minimum absolute atomic E-state index is 0.359. The van der Waals surface area contributed by atoms with Gasteiger partial charge in [-0.15, -0.1) is 11.3 Å². The maximum absolute atomic E-state index is 10.7. The minimum atomic E-state index is -0.965. The maximum atomic E-state index is 10.7. The largest absolute Gasteiger partial charge is 0.480 e. The second-order valence-corrected chi connectivity index (χ2v) is 5.36. The molecule has 2 aromatic rings. The Morgan fingerprint density at radius 2 is 2.00 bits per heavy atom. The minimum Gasteiger partial charge on any atom is -0.480 e. The number of carboxylic acid groups (broad SMARTS) is 1. The number of nitrogens with two attached hydrogens (primary N) is 1. The average Bonchev–Trinajstić information content (AvgIpc) is 2.76. The van der Waals surface area contributed by atoms with Crippen molar-refractivity contribution >= 4 is 17.3 Å². The molecule has 0 spiro atoms. The third kappa shape index (κ3) is 2.78. The summed E-state index contributed by atoms with van der Waals surface area (Å²) in [5, 5.41) is 10.8. The third-order valence-corrected chi connectivity index (χ3v) is 3.74. The molecule has 1 aromatic carbocycles. The van der Waals surface area contributed by atoms with Gasteiger partial charge in [-0.2, -0.15) is 0 Å². The van der Waals surface area contributed by atoms with Crippen LogP contribution in [0.5, 0.6) is 0 Å². The van der Waals surface area contributed by atoms with Crippen molar-refractivity contribution in [3.8, 4) is 11.1 Å². The monoisotopic (exact) mass is 261 g/mol. The molecule has 4 heteroatoms. The summed E-state index contributed by atoms with van der Waals surface area (Å²) in [6, 6.07) is 9.17. The number of rotatable bonds is 4. The molecule has 0 aliphatic carbocycles. The van der Waals surface area contributed by atoms with Crippen LogP contribution in [0.3, 0.4) is 0 Å². The number of hydrogen-bond donors (Lipinski definition) is 2. The second kappa shape index (κ2) is 5.33. The van der Waals surface area contributed by atoms with Crippen molar-refractivity contribution in [2.45, 2.75) is 19.4 Å². The fourth-order valence-electron chi connectivity index (χ4n) is 1.85. The number of carboxylic acids is 1. The van der Waals surface area contributed by atoms with Crippen molar-refractivity contribution in [1.82, 2.24) is 0 Å². The maximum Gasteiger partial charge on any atom is 0.320 e. The standard InChI is InChI=1S/C14H15NO2S/c1-9-12(6-7-18-9)11-4-2-10(3-5-11)8-13(15)14(16)17/h2-7,13H,8,15H2,1H3,(H,16,17)/t13-/m0/s1. The van der Waals surface area contributed by atoms with E-state index in [1.165, 1.54) is 10.4 Å². The Morgan fingerprint density at radius 1 is 1.33 bits per heavy atom. The molecule has 3 N–H and O–H groups in total. The lowest BCUT2D eigenvalue weighted by atomic mass is 10.0. The first-order valence-electron chi connectivity index (χ1n) is 5.69. The molecule has 0 aliphatic heterocycles. The lowest BCUT2D eigenvalue weighted by molar-refractivity contribution is -0.138. The molecule has 1 aromatic heterocycles. The van der Waals surface area contributed by atoms with E-state index in [9.17, 15) is 4.79 Å². The molecular formula is C14H15NO2S. The highest BCUT2D eigenvalue weighted by Gasteiger charge is 2.12. The number of aryl methyl sites for hydroxylation is 1. The van der Waals surface area contributed by atoms with Gasteiger partial charge in [-0.05, 0) is 41.5 Å². The van der Waals surface area contributed by atoms with Gasteiger partial charge in [0.05, 0.1) is 0 Å². The summed E-state index contributed by atoms with van der Waals surface area (Å²) in [5.74, 6) is -0.965. The molecule has 0 fully saturated rings. The van der Waals surface area contributed by atoms with Crippen LogP contribution in [0, 0.1) is 6.92 Å². The van der Waals surface area contributed by atoms with Crippen LogP contribution in [0.4, 0.5) is 0 Å². The van der Waals surface area contributed by atoms with Crippen LogP contribution in [-0.4, -0.2) is 17.1 Å². The van der Waals surface area contributed by atoms with Gasteiger partial charge in [0, 0.05) is 4.88 Å². The van der Waals surface area contributed by atoms with E-state index < -0.39 is 12.0 Å². The first-order valence-corrected chi connectivity index (χ1v) is 6.57. The number of hydrogen-bond acceptors (Lipinski definition) is 3. The predicted octanol–water partition coefficient (Wildman–Crippen LogP) is 2.68. The molecule has 18 heavy (non-hydrogen) atoms. The smallest absolute Gasteiger partial charge is 0.320 e. The van der Waals surface area contributed by atoms with Gasteiger partial charge in [0.25, 0.3) is 0 Å². The summed E-state index contributed by atoms with van der Waals surface area (Å²) in [7, 11) is 0. The molecule has 94 valence electrons. The van der Waals surface area contributed by atoms with Gasteiger partial charge in [-0.3, -0.25) is 4.79 Å². The first kappa shape index (κ1) is 12.8. The first-order chi connectivity index (χ1) is 8.58. The van der Waals surface area contributed by atoms with E-state index in [1.807, 2.05) is 24.3 Å². The van der Waals surface area contributed by atoms with E-state index in [2.05, 4.69) is 18.4 Å². The molecule has 3 nitrogen and oxygen atoms in total. The Morgan fingerprint density at radius 3 is 2.50 bits per heavy atom. The second-order valence-electron chi connectivity index (χ2n) is 4.24. The summed E-state index contributed by atoms with van der Waals surface area (Å²) in [5.41, 5.74) is 8.84. The average molecular weight is 261 g/mol. The van der Waals surface area contributed by atoms with Gasteiger partial charge in [-0.1, -0.05) is 24.3 Å². The van der Waals surface area contributed by atoms with E-state index >= 15 is 0 Å². The van der Waals surface area contributed by atoms with Crippen LogP contribution in [-0.2, 0) is 11.2 Å². The molecule has 0 saturated heterocycles. The number of aliphatic carboxylic acids is 1. The zero-order valence-electron chi connectivity index (χ0n) is 10.1. The topological polar surface area (TPSA) is 63.3 Å². The zero-order valence-corrected chi connectivity index (χ0v) is 10.9. The van der Waals surface area contributed by atoms with E-state index in [-0.39, 0.29) is 0 Å². The summed E-state index contributed by atoms with van der Waals surface area (Å²) < 4.78 is 0. The van der Waals surface area contributed by atoms with Gasteiger partial charge < -0.3 is 10.8 Å². The molecule has 0 bridgehead atoms. The SMILES string of the molecule is Cc1sccc1-c1ccc(C[C@H](N)C(=O)O)cc1. The Hall–Kier alpha value is -1.65. The molecule has 2 rings (SSSR count). The fraction of sp³-hybridized carbons (Fsp3) is 0.214. The molecule has 1 heterocycles. The van der Waals surface area contributed by atoms with Crippen LogP contribution in [0.25, 0.3) is 11.1 Å². The highest BCUT2D eigenvalue weighted by atomic mass is 32.1. The summed E-state index contributed by atoms with van der Waals surface area (Å²) in [6.07, 6.45) is 0.359. The molecule has 1 atom stereocenters. The molecule has 0 unspecified atom stereocenters. The molecule has 0 aliphatic rings. The highest BCUT2D eigenvalue weighted by molar-refractivity contribution is 7.10. The Bertz CT molecular complexity index is 545. The van der Waals surface area contributed by atoms with Crippen molar-refractivity contribution in [3.63, 3.8) is 0 Å². The molecule has 0 radical (unpaired) electrons. The van der Waals surface area contributed by atoms with Gasteiger partial charge in [0.2, 0.25) is 0 Å². The Kier molecular flexibility index (Phi) is 3.79. The summed E-state index contributed by atoms with van der Waals surface area (Å²) in [4.78, 5) is 12.0. The van der Waals surface area contributed by atoms with E-state index in [1.54, 1.807) is 11.3 Å². The fourth-order valence-corrected chi connectivity index (χ4v) is 2.57. The number of carbonyl (C=O) groups is 1. The molecule has 0 amide bonds. The molecular weight excluding hydrogens is 246 g/mol. The van der Waals surface area contributed by atoms with Crippen LogP contribution in [0.1, 0.15) is 10.4 Å². The number of thiophene rings is 1. The quantitative estimate of drug-likeness (QED) is 0.889. The van der Waals surface area contributed by atoms with Gasteiger partial charge in [0.15, 0.2) is 0 Å². The summed E-state index contributed by atoms with van der Waals surface area (Å²) in [6.45, 7) is 2.09. The Labute approximate surface area is 110 Å². The van der Waals surface area contributed by atoms with Crippen LogP contribution < -0.4 is 5.73 Å². The van der Waals surface area contributed by atoms with E-state index in [0.29, 0.717) is 6.42 Å². The van der Waals surface area contributed by atoms with Crippen molar-refractivity contribution < 1.29 is 9.90 Å². The van der Waals surface area contributed by atoms with Crippen molar-refractivity contribution in [1.29, 1.82) is 0 Å². The van der Waals surface area contributed by atoms with E-state index in [0.717, 1.165) is 11.1 Å². The predicted molar refractivity (Wildman–Crippen MR) is 73.8 cm³/mol. The Balaban J connectivity index is 2.16. The van der Waals surface area contributed by atoms with Gasteiger partial charge >= 0.3 is 5.97 Å². The molecule has 0 saturated carbocycles. The normalized spacial score (nSPS) is 12.3. The van der Waals surface area contributed by atoms with Gasteiger partial charge in [0.1, 0.15) is 6.04 Å². The third-order valence-electron chi connectivity index (χ3n) is 2.90.